The van der Waals surface area contributed by atoms with Crippen molar-refractivity contribution in [2.24, 2.45) is 4.99 Å². The van der Waals surface area contributed by atoms with Crippen molar-refractivity contribution in [2.45, 2.75) is 71.6 Å². The predicted molar refractivity (Wildman–Crippen MR) is 119 cm³/mol. The second-order valence-electron chi connectivity index (χ2n) is 7.26. The number of hydrogen-bond donors (Lipinski definition) is 3. The maximum absolute atomic E-state index is 10.5. The number of aryl methyl sites for hydroxylation is 1. The average molecular weight is 475 g/mol. The molecule has 0 heterocycles. The molecule has 1 aromatic rings. The van der Waals surface area contributed by atoms with Gasteiger partial charge in [-0.05, 0) is 52.2 Å². The van der Waals surface area contributed by atoms with E-state index in [4.69, 9.17) is 4.74 Å². The molecule has 1 saturated carbocycles. The first-order valence-corrected chi connectivity index (χ1v) is 9.42. The van der Waals surface area contributed by atoms with E-state index in [1.807, 2.05) is 20.8 Å². The van der Waals surface area contributed by atoms with Crippen molar-refractivity contribution in [1.82, 2.24) is 10.6 Å². The number of nitrogens with zero attached hydrogens (tertiary/aromatic N) is 1. The zero-order valence-electron chi connectivity index (χ0n) is 16.5. The fourth-order valence-electron chi connectivity index (χ4n) is 3.12. The Bertz CT molecular complexity index is 584. The summed E-state index contributed by atoms with van der Waals surface area (Å²) in [5, 5.41) is 17.0. The topological polar surface area (TPSA) is 65.9 Å². The number of ether oxygens (including phenoxy) is 1. The fraction of sp³-hybridized carbons (Fsp3) is 0.650. The van der Waals surface area contributed by atoms with Gasteiger partial charge in [0.05, 0.1) is 18.2 Å². The molecule has 0 aromatic heterocycles. The van der Waals surface area contributed by atoms with Crippen LogP contribution in [-0.2, 0) is 6.54 Å². The normalized spacial score (nSPS) is 16.3. The summed E-state index contributed by atoms with van der Waals surface area (Å²) in [6.45, 7) is 10.0. The van der Waals surface area contributed by atoms with Crippen LogP contribution in [0, 0.1) is 6.92 Å². The maximum Gasteiger partial charge on any atom is 0.191 e. The SMILES string of the molecule is CCNC(=NCc1ccc(C)cc1OC(C)C)NCC1(O)CCCC1.I. The molecule has 5 nitrogen and oxygen atoms in total. The molecule has 0 spiro atoms. The van der Waals surface area contributed by atoms with Crippen LogP contribution in [0.1, 0.15) is 57.6 Å². The molecule has 2 rings (SSSR count). The molecule has 0 aliphatic heterocycles. The third-order valence-corrected chi connectivity index (χ3v) is 4.46. The number of aliphatic imine (C=N–C) groups is 1. The molecule has 1 aromatic carbocycles. The zero-order chi connectivity index (χ0) is 18.3. The van der Waals surface area contributed by atoms with E-state index in [0.717, 1.165) is 49.5 Å². The minimum atomic E-state index is -0.591. The highest BCUT2D eigenvalue weighted by molar-refractivity contribution is 14.0. The summed E-state index contributed by atoms with van der Waals surface area (Å²) in [6.07, 6.45) is 4.07. The van der Waals surface area contributed by atoms with Crippen molar-refractivity contribution in [3.63, 3.8) is 0 Å². The van der Waals surface area contributed by atoms with Gasteiger partial charge in [0.1, 0.15) is 5.75 Å². The molecule has 3 N–H and O–H groups in total. The van der Waals surface area contributed by atoms with Crippen molar-refractivity contribution < 1.29 is 9.84 Å². The number of guanidine groups is 1. The van der Waals surface area contributed by atoms with E-state index in [1.165, 1.54) is 5.56 Å². The largest absolute Gasteiger partial charge is 0.491 e. The number of nitrogens with one attached hydrogen (secondary N) is 2. The average Bonchev–Trinajstić information content (AvgIpc) is 2.98. The van der Waals surface area contributed by atoms with E-state index in [2.05, 4.69) is 40.7 Å². The van der Waals surface area contributed by atoms with Gasteiger partial charge >= 0.3 is 0 Å². The van der Waals surface area contributed by atoms with Gasteiger partial charge in [-0.3, -0.25) is 0 Å². The van der Waals surface area contributed by atoms with Crippen LogP contribution in [-0.4, -0.2) is 35.9 Å². The van der Waals surface area contributed by atoms with Gasteiger partial charge in [-0.25, -0.2) is 4.99 Å². The van der Waals surface area contributed by atoms with Gasteiger partial charge in [0.2, 0.25) is 0 Å². The van der Waals surface area contributed by atoms with Crippen LogP contribution in [0.15, 0.2) is 23.2 Å². The van der Waals surface area contributed by atoms with Gasteiger partial charge in [0.15, 0.2) is 5.96 Å². The van der Waals surface area contributed by atoms with Crippen molar-refractivity contribution >= 4 is 29.9 Å². The standard InChI is InChI=1S/C20H33N3O2.HI/c1-5-21-19(23-14-20(24)10-6-7-11-20)22-13-17-9-8-16(4)12-18(17)25-15(2)3;/h8-9,12,15,24H,5-7,10-11,13-14H2,1-4H3,(H2,21,22,23);1H. The third-order valence-electron chi connectivity index (χ3n) is 4.46. The quantitative estimate of drug-likeness (QED) is 0.319. The van der Waals surface area contributed by atoms with Gasteiger partial charge in [-0.2, -0.15) is 0 Å². The molecule has 148 valence electrons. The molecule has 0 bridgehead atoms. The second-order valence-corrected chi connectivity index (χ2v) is 7.26. The van der Waals surface area contributed by atoms with Gasteiger partial charge in [-0.15, -0.1) is 24.0 Å². The van der Waals surface area contributed by atoms with Gasteiger partial charge in [-0.1, -0.05) is 25.0 Å². The van der Waals surface area contributed by atoms with Crippen LogP contribution in [0.5, 0.6) is 5.75 Å². The van der Waals surface area contributed by atoms with Crippen molar-refractivity contribution in [2.75, 3.05) is 13.1 Å². The number of benzene rings is 1. The monoisotopic (exact) mass is 475 g/mol. The lowest BCUT2D eigenvalue weighted by atomic mass is 10.0. The molecule has 1 fully saturated rings. The number of aliphatic hydroxyl groups is 1. The van der Waals surface area contributed by atoms with Gasteiger partial charge in [0, 0.05) is 18.7 Å². The first kappa shape index (κ1) is 23.0. The van der Waals surface area contributed by atoms with E-state index in [-0.39, 0.29) is 30.1 Å². The minimum absolute atomic E-state index is 0. The lowest BCUT2D eigenvalue weighted by Gasteiger charge is -2.24. The Morgan fingerprint density at radius 3 is 2.58 bits per heavy atom. The number of rotatable bonds is 7. The Balaban J connectivity index is 0.00000338. The van der Waals surface area contributed by atoms with Gasteiger partial charge in [0.25, 0.3) is 0 Å². The second kappa shape index (κ2) is 11.0. The third kappa shape index (κ3) is 7.31. The molecule has 0 unspecified atom stereocenters. The van der Waals surface area contributed by atoms with Crippen LogP contribution >= 0.6 is 24.0 Å². The van der Waals surface area contributed by atoms with Crippen LogP contribution in [0.3, 0.4) is 0 Å². The van der Waals surface area contributed by atoms with Crippen molar-refractivity contribution in [3.05, 3.63) is 29.3 Å². The van der Waals surface area contributed by atoms with Crippen LogP contribution in [0.25, 0.3) is 0 Å². The Morgan fingerprint density at radius 2 is 1.96 bits per heavy atom. The summed E-state index contributed by atoms with van der Waals surface area (Å²) in [7, 11) is 0. The highest BCUT2D eigenvalue weighted by atomic mass is 127. The summed E-state index contributed by atoms with van der Waals surface area (Å²) >= 11 is 0. The van der Waals surface area contributed by atoms with E-state index >= 15 is 0 Å². The zero-order valence-corrected chi connectivity index (χ0v) is 18.8. The molecule has 26 heavy (non-hydrogen) atoms. The van der Waals surface area contributed by atoms with Crippen LogP contribution in [0.4, 0.5) is 0 Å². The summed E-state index contributed by atoms with van der Waals surface area (Å²) < 4.78 is 5.93. The summed E-state index contributed by atoms with van der Waals surface area (Å²) in [5.74, 6) is 1.63. The highest BCUT2D eigenvalue weighted by Gasteiger charge is 2.30. The Hall–Kier alpha value is -1.02. The molecule has 0 atom stereocenters. The van der Waals surface area contributed by atoms with Crippen LogP contribution < -0.4 is 15.4 Å². The minimum Gasteiger partial charge on any atom is -0.491 e. The van der Waals surface area contributed by atoms with E-state index in [9.17, 15) is 5.11 Å². The van der Waals surface area contributed by atoms with Crippen molar-refractivity contribution in [1.29, 1.82) is 0 Å². The number of halogens is 1. The summed E-state index contributed by atoms with van der Waals surface area (Å²) in [4.78, 5) is 4.68. The summed E-state index contributed by atoms with van der Waals surface area (Å²) in [6, 6.07) is 6.22. The molecule has 6 heteroatoms. The molecule has 0 saturated heterocycles. The first-order valence-electron chi connectivity index (χ1n) is 9.42. The molecular weight excluding hydrogens is 441 g/mol. The lowest BCUT2D eigenvalue weighted by Crippen LogP contribution is -2.46. The molecular formula is C20H34IN3O2. The van der Waals surface area contributed by atoms with Gasteiger partial charge < -0.3 is 20.5 Å². The smallest absolute Gasteiger partial charge is 0.191 e. The first-order chi connectivity index (χ1) is 11.9. The maximum atomic E-state index is 10.5. The van der Waals surface area contributed by atoms with Crippen molar-refractivity contribution in [3.8, 4) is 5.75 Å². The highest BCUT2D eigenvalue weighted by Crippen LogP contribution is 2.28. The number of hydrogen-bond acceptors (Lipinski definition) is 3. The molecule has 0 radical (unpaired) electrons. The predicted octanol–water partition coefficient (Wildman–Crippen LogP) is 3.76. The molecule has 1 aliphatic carbocycles. The molecule has 1 aliphatic rings. The van der Waals surface area contributed by atoms with Crippen LogP contribution in [0.2, 0.25) is 0 Å². The lowest BCUT2D eigenvalue weighted by molar-refractivity contribution is 0.0522. The summed E-state index contributed by atoms with van der Waals surface area (Å²) in [5.41, 5.74) is 1.65. The van der Waals surface area contributed by atoms with E-state index < -0.39 is 5.60 Å². The molecule has 0 amide bonds. The van der Waals surface area contributed by atoms with E-state index in [1.54, 1.807) is 0 Å². The fourth-order valence-corrected chi connectivity index (χ4v) is 3.12. The Labute approximate surface area is 175 Å². The Kier molecular flexibility index (Phi) is 9.71. The van der Waals surface area contributed by atoms with E-state index in [0.29, 0.717) is 13.1 Å². The Morgan fingerprint density at radius 1 is 1.27 bits per heavy atom.